The Morgan fingerprint density at radius 2 is 1.60 bits per heavy atom. The van der Waals surface area contributed by atoms with E-state index in [9.17, 15) is 14.9 Å². The first-order valence-corrected chi connectivity index (χ1v) is 9.33. The lowest BCUT2D eigenvalue weighted by Crippen LogP contribution is -2.12. The number of nitro groups is 1. The zero-order valence-electron chi connectivity index (χ0n) is 16.7. The Balaban J connectivity index is 1.82. The van der Waals surface area contributed by atoms with Crippen molar-refractivity contribution in [3.8, 4) is 28.4 Å². The largest absolute Gasteiger partial charge is 0.497 e. The van der Waals surface area contributed by atoms with Crippen LogP contribution in [0.15, 0.2) is 66.7 Å². The highest BCUT2D eigenvalue weighted by atomic mass is 16.6. The van der Waals surface area contributed by atoms with E-state index in [1.807, 2.05) is 6.92 Å². The van der Waals surface area contributed by atoms with Crippen LogP contribution in [0.1, 0.15) is 17.3 Å². The molecule has 0 heterocycles. The first-order valence-electron chi connectivity index (χ1n) is 9.33. The van der Waals surface area contributed by atoms with Crippen LogP contribution in [-0.2, 0) is 0 Å². The van der Waals surface area contributed by atoms with Crippen LogP contribution < -0.4 is 14.2 Å². The lowest BCUT2D eigenvalue weighted by molar-refractivity contribution is -0.384. The molecule has 154 valence electrons. The Kier molecular flexibility index (Phi) is 6.64. The minimum atomic E-state index is -0.470. The van der Waals surface area contributed by atoms with Gasteiger partial charge in [-0.05, 0) is 55.0 Å². The van der Waals surface area contributed by atoms with Gasteiger partial charge in [0, 0.05) is 23.3 Å². The summed E-state index contributed by atoms with van der Waals surface area (Å²) in [6.45, 7) is 2.23. The normalized spacial score (nSPS) is 10.3. The first-order chi connectivity index (χ1) is 14.5. The number of non-ortho nitro benzene ring substituents is 1. The van der Waals surface area contributed by atoms with Crippen molar-refractivity contribution in [2.24, 2.45) is 0 Å². The van der Waals surface area contributed by atoms with Crippen molar-refractivity contribution in [3.63, 3.8) is 0 Å². The molecule has 7 nitrogen and oxygen atoms in total. The molecule has 30 heavy (non-hydrogen) atoms. The molecule has 0 aromatic heterocycles. The number of carbonyl (C=O) groups excluding carboxylic acids is 1. The summed E-state index contributed by atoms with van der Waals surface area (Å²) in [5, 5.41) is 11.2. The summed E-state index contributed by atoms with van der Waals surface area (Å²) in [5.41, 5.74) is 1.66. The minimum Gasteiger partial charge on any atom is -0.497 e. The van der Waals surface area contributed by atoms with Gasteiger partial charge < -0.3 is 14.2 Å². The van der Waals surface area contributed by atoms with Crippen molar-refractivity contribution in [1.29, 1.82) is 0 Å². The molecule has 0 aliphatic heterocycles. The van der Waals surface area contributed by atoms with Gasteiger partial charge in [-0.25, -0.2) is 0 Å². The number of nitrogens with zero attached hydrogens (tertiary/aromatic N) is 1. The van der Waals surface area contributed by atoms with E-state index >= 15 is 0 Å². The van der Waals surface area contributed by atoms with Gasteiger partial charge in [-0.1, -0.05) is 12.1 Å². The average Bonchev–Trinajstić information content (AvgIpc) is 2.78. The Hall–Kier alpha value is -3.87. The zero-order valence-corrected chi connectivity index (χ0v) is 16.7. The van der Waals surface area contributed by atoms with Crippen molar-refractivity contribution in [2.75, 3.05) is 20.3 Å². The highest BCUT2D eigenvalue weighted by Crippen LogP contribution is 2.34. The first kappa shape index (κ1) is 20.9. The fourth-order valence-electron chi connectivity index (χ4n) is 2.88. The molecule has 0 spiro atoms. The maximum atomic E-state index is 12.5. The molecule has 0 aliphatic carbocycles. The quantitative estimate of drug-likeness (QED) is 0.284. The van der Waals surface area contributed by atoms with Crippen molar-refractivity contribution in [3.05, 3.63) is 82.4 Å². The third kappa shape index (κ3) is 4.94. The molecule has 0 N–H and O–H groups in total. The molecule has 0 unspecified atom stereocenters. The Bertz CT molecular complexity index is 1030. The van der Waals surface area contributed by atoms with E-state index in [0.29, 0.717) is 40.5 Å². The van der Waals surface area contributed by atoms with Crippen molar-refractivity contribution < 1.29 is 23.9 Å². The number of rotatable bonds is 9. The van der Waals surface area contributed by atoms with Gasteiger partial charge in [0.1, 0.15) is 17.2 Å². The lowest BCUT2D eigenvalue weighted by Gasteiger charge is -2.12. The molecule has 0 bridgehead atoms. The van der Waals surface area contributed by atoms with E-state index in [0.717, 1.165) is 0 Å². The van der Waals surface area contributed by atoms with E-state index in [1.54, 1.807) is 55.6 Å². The predicted octanol–water partition coefficient (Wildman–Crippen LogP) is 4.93. The maximum absolute atomic E-state index is 12.5. The summed E-state index contributed by atoms with van der Waals surface area (Å²) in [5.74, 6) is 1.52. The molecule has 3 aromatic rings. The van der Waals surface area contributed by atoms with E-state index in [4.69, 9.17) is 14.2 Å². The molecule has 7 heteroatoms. The third-order valence-corrected chi connectivity index (χ3v) is 4.42. The number of nitro benzene ring substituents is 1. The summed E-state index contributed by atoms with van der Waals surface area (Å²) >= 11 is 0. The number of methoxy groups -OCH3 is 1. The van der Waals surface area contributed by atoms with Gasteiger partial charge in [-0.3, -0.25) is 14.9 Å². The molecule has 0 aliphatic rings. The number of carbonyl (C=O) groups is 1. The summed E-state index contributed by atoms with van der Waals surface area (Å²) < 4.78 is 16.3. The van der Waals surface area contributed by atoms with E-state index in [-0.39, 0.29) is 18.1 Å². The van der Waals surface area contributed by atoms with Crippen molar-refractivity contribution in [2.45, 2.75) is 6.92 Å². The zero-order chi connectivity index (χ0) is 21.5. The topological polar surface area (TPSA) is 87.9 Å². The van der Waals surface area contributed by atoms with Crippen LogP contribution in [0.25, 0.3) is 11.1 Å². The monoisotopic (exact) mass is 407 g/mol. The molecule has 0 atom stereocenters. The van der Waals surface area contributed by atoms with Crippen LogP contribution in [0.2, 0.25) is 0 Å². The van der Waals surface area contributed by atoms with Gasteiger partial charge in [-0.15, -0.1) is 0 Å². The van der Waals surface area contributed by atoms with E-state index in [1.165, 1.54) is 18.2 Å². The van der Waals surface area contributed by atoms with Gasteiger partial charge in [0.25, 0.3) is 5.69 Å². The Morgan fingerprint density at radius 3 is 2.20 bits per heavy atom. The van der Waals surface area contributed by atoms with Gasteiger partial charge in [-0.2, -0.15) is 0 Å². The molecule has 3 rings (SSSR count). The maximum Gasteiger partial charge on any atom is 0.270 e. The van der Waals surface area contributed by atoms with Crippen LogP contribution in [0.4, 0.5) is 5.69 Å². The summed E-state index contributed by atoms with van der Waals surface area (Å²) in [7, 11) is 1.56. The number of Topliss-reactive ketones (excluding diaryl/α,β-unsaturated/α-hetero) is 1. The number of hydrogen-bond donors (Lipinski definition) is 0. The summed E-state index contributed by atoms with van der Waals surface area (Å²) in [4.78, 5) is 23.2. The Labute approximate surface area is 174 Å². The molecule has 0 saturated heterocycles. The number of hydrogen-bond acceptors (Lipinski definition) is 6. The summed E-state index contributed by atoms with van der Waals surface area (Å²) in [6, 6.07) is 18.2. The number of benzene rings is 3. The second-order valence-corrected chi connectivity index (χ2v) is 6.34. The van der Waals surface area contributed by atoms with Crippen molar-refractivity contribution in [1.82, 2.24) is 0 Å². The summed E-state index contributed by atoms with van der Waals surface area (Å²) in [6.07, 6.45) is 0. The van der Waals surface area contributed by atoms with Crippen LogP contribution in [0.3, 0.4) is 0 Å². The number of ketones is 1. The highest BCUT2D eigenvalue weighted by molar-refractivity contribution is 5.97. The predicted molar refractivity (Wildman–Crippen MR) is 113 cm³/mol. The molecule has 3 aromatic carbocycles. The van der Waals surface area contributed by atoms with Crippen LogP contribution in [0.5, 0.6) is 17.2 Å². The lowest BCUT2D eigenvalue weighted by atomic mass is 10.0. The molecule has 0 saturated carbocycles. The van der Waals surface area contributed by atoms with Gasteiger partial charge in [0.05, 0.1) is 18.6 Å². The minimum absolute atomic E-state index is 0.0639. The second-order valence-electron chi connectivity index (χ2n) is 6.34. The Morgan fingerprint density at radius 1 is 0.933 bits per heavy atom. The fraction of sp³-hybridized carbons (Fsp3) is 0.174. The van der Waals surface area contributed by atoms with E-state index < -0.39 is 4.92 Å². The molecular weight excluding hydrogens is 386 g/mol. The molecule has 0 amide bonds. The molecular formula is C23H21NO6. The third-order valence-electron chi connectivity index (χ3n) is 4.42. The highest BCUT2D eigenvalue weighted by Gasteiger charge is 2.15. The fourth-order valence-corrected chi connectivity index (χ4v) is 2.88. The smallest absolute Gasteiger partial charge is 0.270 e. The second kappa shape index (κ2) is 9.56. The number of ether oxygens (including phenoxy) is 3. The van der Waals surface area contributed by atoms with Gasteiger partial charge in [0.15, 0.2) is 12.4 Å². The van der Waals surface area contributed by atoms with Crippen LogP contribution >= 0.6 is 0 Å². The van der Waals surface area contributed by atoms with Gasteiger partial charge in [0.2, 0.25) is 0 Å². The van der Waals surface area contributed by atoms with E-state index in [2.05, 4.69) is 0 Å². The molecule has 0 radical (unpaired) electrons. The molecule has 0 fully saturated rings. The van der Waals surface area contributed by atoms with Crippen LogP contribution in [0, 0.1) is 10.1 Å². The standard InChI is InChI=1S/C23H21NO6/c1-3-29-20-11-6-17(7-12-20)22(25)15-30-23-13-8-18(24(26)27)14-21(23)16-4-9-19(28-2)10-5-16/h4-14H,3,15H2,1-2H3. The average molecular weight is 407 g/mol. The SMILES string of the molecule is CCOc1ccc(C(=O)COc2ccc([N+](=O)[O-])cc2-c2ccc(OC)cc2)cc1. The van der Waals surface area contributed by atoms with Gasteiger partial charge >= 0.3 is 0 Å². The van der Waals surface area contributed by atoms with Crippen LogP contribution in [-0.4, -0.2) is 31.0 Å². The van der Waals surface area contributed by atoms with Crippen molar-refractivity contribution >= 4 is 11.5 Å².